The molecule has 340 valence electrons. The number of rotatable bonds is 6. The summed E-state index contributed by atoms with van der Waals surface area (Å²) in [6.45, 7) is 2.86. The molecule has 5 fully saturated rings. The molecule has 65 heavy (non-hydrogen) atoms. The molecular weight excluding hydrogens is 868 g/mol. The van der Waals surface area contributed by atoms with E-state index in [-0.39, 0.29) is 58.8 Å². The van der Waals surface area contributed by atoms with E-state index in [9.17, 15) is 24.0 Å². The van der Waals surface area contributed by atoms with E-state index in [0.717, 1.165) is 88.5 Å². The van der Waals surface area contributed by atoms with E-state index in [4.69, 9.17) is 23.2 Å². The first kappa shape index (κ1) is 43.9. The minimum atomic E-state index is -1.27. The number of hydrogen-bond donors (Lipinski definition) is 4. The fraction of sp³-hybridized carbons (Fsp3) is 0.500. The first-order valence-electron chi connectivity index (χ1n) is 23.3. The van der Waals surface area contributed by atoms with Crippen molar-refractivity contribution in [2.75, 3.05) is 25.0 Å². The molecule has 2 aliphatic carbocycles. The minimum Gasteiger partial charge on any atom is -0.352 e. The van der Waals surface area contributed by atoms with Gasteiger partial charge in [0.2, 0.25) is 23.6 Å². The Kier molecular flexibility index (Phi) is 11.7. The summed E-state index contributed by atoms with van der Waals surface area (Å²) in [5, 5.41) is 13.0. The van der Waals surface area contributed by atoms with Crippen LogP contribution in [0.3, 0.4) is 0 Å². The smallest absolute Gasteiger partial charge is 0.329 e. The van der Waals surface area contributed by atoms with Gasteiger partial charge in [0, 0.05) is 54.1 Å². The van der Waals surface area contributed by atoms with Crippen molar-refractivity contribution >= 4 is 63.6 Å². The van der Waals surface area contributed by atoms with Gasteiger partial charge in [0.25, 0.3) is 0 Å². The number of para-hydroxylation sites is 1. The molecule has 1 unspecified atom stereocenters. The van der Waals surface area contributed by atoms with Gasteiger partial charge in [-0.3, -0.25) is 38.9 Å². The van der Waals surface area contributed by atoms with Gasteiger partial charge in [0.05, 0.1) is 27.7 Å². The van der Waals surface area contributed by atoms with Crippen LogP contribution in [0.1, 0.15) is 112 Å². The third-order valence-electron chi connectivity index (χ3n) is 15.6. The molecule has 4 aromatic rings. The van der Waals surface area contributed by atoms with Gasteiger partial charge < -0.3 is 15.5 Å². The summed E-state index contributed by atoms with van der Waals surface area (Å²) in [4.78, 5) is 69.8. The van der Waals surface area contributed by atoms with Crippen molar-refractivity contribution in [1.29, 1.82) is 0 Å². The Morgan fingerprint density at radius 3 is 2.42 bits per heavy atom. The molecule has 15 heteroatoms. The number of anilines is 1. The number of fused-ring (bicyclic) bond motifs is 4. The van der Waals surface area contributed by atoms with E-state index >= 15 is 4.39 Å². The lowest BCUT2D eigenvalue weighted by Gasteiger charge is -2.47. The van der Waals surface area contributed by atoms with Crippen molar-refractivity contribution < 1.29 is 23.6 Å². The number of hydrogen-bond acceptors (Lipinski definition) is 7. The fourth-order valence-electron chi connectivity index (χ4n) is 12.6. The van der Waals surface area contributed by atoms with Gasteiger partial charge in [0.15, 0.2) is 0 Å². The Morgan fingerprint density at radius 2 is 1.66 bits per heavy atom. The van der Waals surface area contributed by atoms with Gasteiger partial charge in [0.1, 0.15) is 17.3 Å². The molecule has 1 aromatic heterocycles. The first-order valence-corrected chi connectivity index (χ1v) is 24.0. The summed E-state index contributed by atoms with van der Waals surface area (Å²) in [6.07, 6.45) is 10.1. The molecule has 4 aliphatic heterocycles. The maximum Gasteiger partial charge on any atom is 0.329 e. The summed E-state index contributed by atoms with van der Waals surface area (Å²) in [6, 6.07) is 14.2. The van der Waals surface area contributed by atoms with Crippen LogP contribution < -0.4 is 27.0 Å². The second kappa shape index (κ2) is 17.3. The quantitative estimate of drug-likeness (QED) is 0.122. The highest BCUT2D eigenvalue weighted by Crippen LogP contribution is 2.63. The Bertz CT molecular complexity index is 2720. The molecule has 2 spiro atoms. The molecule has 3 aromatic carbocycles. The third kappa shape index (κ3) is 7.49. The Balaban J connectivity index is 0.791. The number of nitrogens with zero attached hydrogens (tertiary/aromatic N) is 3. The second-order valence-electron chi connectivity index (χ2n) is 19.3. The van der Waals surface area contributed by atoms with Gasteiger partial charge in [-0.1, -0.05) is 78.6 Å². The van der Waals surface area contributed by atoms with Gasteiger partial charge >= 0.3 is 5.69 Å². The lowest BCUT2D eigenvalue weighted by molar-refractivity contribution is -0.136. The molecule has 0 radical (unpaired) electrons. The number of imidazole rings is 1. The third-order valence-corrected chi connectivity index (χ3v) is 16.2. The maximum absolute atomic E-state index is 16.3. The number of piperidine rings is 2. The number of nitrogens with one attached hydrogen (secondary N) is 4. The summed E-state index contributed by atoms with van der Waals surface area (Å²) >= 11 is 12.9. The molecule has 4 N–H and O–H groups in total. The van der Waals surface area contributed by atoms with Gasteiger partial charge in [-0.25, -0.2) is 9.18 Å². The van der Waals surface area contributed by atoms with Crippen molar-refractivity contribution in [1.82, 2.24) is 30.0 Å². The van der Waals surface area contributed by atoms with E-state index < -0.39 is 40.7 Å². The van der Waals surface area contributed by atoms with Gasteiger partial charge in [-0.2, -0.15) is 0 Å². The van der Waals surface area contributed by atoms with E-state index in [1.807, 2.05) is 24.3 Å². The van der Waals surface area contributed by atoms with Crippen LogP contribution in [0.25, 0.3) is 11.0 Å². The molecular formula is C50H54Cl2FN7O5. The van der Waals surface area contributed by atoms with E-state index in [2.05, 4.69) is 38.0 Å². The summed E-state index contributed by atoms with van der Waals surface area (Å²) in [7, 11) is 1.69. The topological polar surface area (TPSA) is 147 Å². The van der Waals surface area contributed by atoms with E-state index in [0.29, 0.717) is 40.5 Å². The van der Waals surface area contributed by atoms with Crippen LogP contribution in [0.4, 0.5) is 10.1 Å². The van der Waals surface area contributed by atoms with E-state index in [1.54, 1.807) is 35.9 Å². The van der Waals surface area contributed by atoms with Crippen LogP contribution in [0, 0.1) is 29.5 Å². The molecule has 3 saturated heterocycles. The highest BCUT2D eigenvalue weighted by molar-refractivity contribution is 6.31. The van der Waals surface area contributed by atoms with Crippen LogP contribution >= 0.6 is 23.2 Å². The van der Waals surface area contributed by atoms with Crippen molar-refractivity contribution in [3.05, 3.63) is 97.6 Å². The van der Waals surface area contributed by atoms with Crippen molar-refractivity contribution in [3.8, 4) is 11.8 Å². The van der Waals surface area contributed by atoms with Crippen LogP contribution in [-0.4, -0.2) is 74.9 Å². The van der Waals surface area contributed by atoms with Gasteiger partial charge in [-0.05, 0) is 118 Å². The zero-order valence-corrected chi connectivity index (χ0v) is 38.0. The minimum absolute atomic E-state index is 0.0429. The molecule has 12 nitrogen and oxygen atoms in total. The number of halogens is 3. The lowest BCUT2D eigenvalue weighted by Crippen LogP contribution is -2.60. The zero-order chi connectivity index (χ0) is 45.2. The number of carbonyl (C=O) groups excluding carboxylic acids is 4. The average Bonchev–Trinajstić information content (AvgIpc) is 3.85. The lowest BCUT2D eigenvalue weighted by atomic mass is 9.55. The molecule has 4 amide bonds. The highest BCUT2D eigenvalue weighted by Gasteiger charge is 2.72. The van der Waals surface area contributed by atoms with Crippen LogP contribution in [0.5, 0.6) is 0 Å². The van der Waals surface area contributed by atoms with E-state index in [1.165, 1.54) is 10.6 Å². The normalized spacial score (nSPS) is 27.9. The summed E-state index contributed by atoms with van der Waals surface area (Å²) in [5.74, 6) is 4.85. The molecule has 5 heterocycles. The number of carbonyl (C=O) groups is 4. The molecule has 10 rings (SSSR count). The summed E-state index contributed by atoms with van der Waals surface area (Å²) in [5.41, 5.74) is 1.29. The highest BCUT2D eigenvalue weighted by atomic mass is 35.5. The summed E-state index contributed by atoms with van der Waals surface area (Å²) < 4.78 is 19.4. The first-order chi connectivity index (χ1) is 31.4. The Morgan fingerprint density at radius 1 is 0.908 bits per heavy atom. The van der Waals surface area contributed by atoms with Gasteiger partial charge in [-0.15, -0.1) is 0 Å². The zero-order valence-electron chi connectivity index (χ0n) is 36.5. The van der Waals surface area contributed by atoms with Crippen molar-refractivity contribution in [2.45, 2.75) is 118 Å². The molecule has 0 bridgehead atoms. The predicted molar refractivity (Wildman–Crippen MR) is 247 cm³/mol. The second-order valence-corrected chi connectivity index (χ2v) is 20.1. The largest absolute Gasteiger partial charge is 0.352 e. The number of aromatic nitrogens is 2. The fourth-order valence-corrected chi connectivity index (χ4v) is 12.9. The van der Waals surface area contributed by atoms with Crippen LogP contribution in [0.15, 0.2) is 59.4 Å². The standard InChI is InChI=1S/C50H54Cl2FN7O5/c1-58-44-31(7-5-10-38(44)60(48(58)65)39-19-20-40(61)56-45(39)62)14-11-29-21-25-59(26-22-29)28-30-12-16-33(17-13-30)54-46(63)43-41(34-8-6-9-36(52)42(34)53)50(49(57-43)23-3-2-4-24-49)35-18-15-32(51)27-37(35)55-47(50)64/h5-10,15,18,27,29-30,33,39,41,43,57H,2-4,12-13,16-17,19-26,28H2,1H3,(H,54,63)(H,55,64)(H,56,61,62)/t30?,33?,39?,41-,43+,50+/m0/s1. The number of amides is 4. The van der Waals surface area contributed by atoms with Crippen LogP contribution in [-0.2, 0) is 31.6 Å². The Hall–Kier alpha value is -5.00. The van der Waals surface area contributed by atoms with Crippen molar-refractivity contribution in [2.24, 2.45) is 18.9 Å². The Labute approximate surface area is 387 Å². The predicted octanol–water partition coefficient (Wildman–Crippen LogP) is 6.85. The molecule has 2 saturated carbocycles. The molecule has 6 aliphatic rings. The van der Waals surface area contributed by atoms with Crippen LogP contribution in [0.2, 0.25) is 10.0 Å². The maximum atomic E-state index is 16.3. The number of benzene rings is 3. The number of likely N-dealkylation sites (tertiary alicyclic amines) is 1. The van der Waals surface area contributed by atoms with Crippen molar-refractivity contribution in [3.63, 3.8) is 0 Å². The molecule has 4 atom stereocenters. The average molecular weight is 923 g/mol. The SMILES string of the molecule is Cn1c(=O)n(C2CCC(=O)NC2=O)c2cccc(C#CC3CCN(CC4CCC(NC(=O)[C@@H]5NC6(CCCCC6)[C@@]6(C(=O)Nc7cc(Cl)ccc76)[C@H]5c5cccc(Cl)c5F)CC4)CC3)c21. The number of imide groups is 1. The monoisotopic (exact) mass is 921 g/mol. The number of aryl methyl sites for hydroxylation is 1.